The van der Waals surface area contributed by atoms with E-state index in [1.165, 1.54) is 0 Å². The maximum Gasteiger partial charge on any atom is 0.329 e. The van der Waals surface area contributed by atoms with Gasteiger partial charge in [0.15, 0.2) is 5.52 Å². The molecule has 0 bridgehead atoms. The molecule has 0 atom stereocenters. The zero-order valence-electron chi connectivity index (χ0n) is 9.17. The molecule has 0 aliphatic heterocycles. The average molecular weight is 185 g/mol. The van der Waals surface area contributed by atoms with Gasteiger partial charge in [0.1, 0.15) is 5.65 Å². The molecular weight excluding hydrogens is 176 g/mol. The smallest absolute Gasteiger partial charge is 0.300 e. The highest BCUT2D eigenvalue weighted by molar-refractivity contribution is 5.68. The Bertz CT molecular complexity index is 715. The van der Waals surface area contributed by atoms with Crippen LogP contribution in [0.5, 0.6) is 0 Å². The van der Waals surface area contributed by atoms with Crippen LogP contribution in [0.15, 0.2) is 14.4 Å². The van der Waals surface area contributed by atoms with Crippen LogP contribution < -0.4 is 16.9 Å². The lowest BCUT2D eigenvalue weighted by molar-refractivity contribution is 0.831. The molecule has 0 unspecified atom stereocenters. The third-order valence-corrected chi connectivity index (χ3v) is 1.58. The number of fused-ring (bicyclic) bond motifs is 1. The molecule has 0 radical (unpaired) electrons. The summed E-state index contributed by atoms with van der Waals surface area (Å²) >= 11 is 0. The first-order valence-corrected chi connectivity index (χ1v) is 3.28. The van der Waals surface area contributed by atoms with Gasteiger partial charge in [-0.15, -0.1) is 0 Å². The first-order valence-electron chi connectivity index (χ1n) is 4.78. The summed E-state index contributed by atoms with van der Waals surface area (Å²) < 4.78 is 21.7. The number of H-pyrrole nitrogens is 3. The predicted molar refractivity (Wildman–Crippen MR) is 44.8 cm³/mol. The number of aromatic amines is 3. The number of imidazole rings is 1. The molecule has 13 heavy (non-hydrogen) atoms. The van der Waals surface area contributed by atoms with E-state index in [1.807, 2.05) is 0 Å². The van der Waals surface area contributed by atoms with Crippen molar-refractivity contribution in [2.45, 2.75) is 0 Å². The Morgan fingerprint density at radius 1 is 1.23 bits per heavy atom. The average Bonchev–Trinajstić information content (AvgIpc) is 2.43. The van der Waals surface area contributed by atoms with Gasteiger partial charge in [-0.3, -0.25) is 24.3 Å². The fourth-order valence-electron chi connectivity index (χ4n) is 1.02. The zero-order valence-corrected chi connectivity index (χ0v) is 6.17. The van der Waals surface area contributed by atoms with Crippen molar-refractivity contribution in [3.63, 3.8) is 0 Å². The van der Waals surface area contributed by atoms with Crippen molar-refractivity contribution in [2.75, 3.05) is 0 Å². The number of aryl methyl sites for hydroxylation is 1. The Morgan fingerprint density at radius 2 is 2.00 bits per heavy atom. The fourth-order valence-corrected chi connectivity index (χ4v) is 1.02. The number of hydrogen-bond donors (Lipinski definition) is 3. The van der Waals surface area contributed by atoms with E-state index in [0.717, 1.165) is 0 Å². The standard InChI is InChI=1S/C6H6N4O3/c1-10-3-2(7-5(12)8-3)4(11)9-6(10)13/h1H3,(H2,7,8,12)(H,9,11,13)/i1D3. The van der Waals surface area contributed by atoms with E-state index in [-0.39, 0.29) is 11.2 Å². The van der Waals surface area contributed by atoms with Gasteiger partial charge in [-0.1, -0.05) is 0 Å². The predicted octanol–water partition coefficient (Wildman–Crippen LogP) is -1.76. The third-order valence-electron chi connectivity index (χ3n) is 1.58. The van der Waals surface area contributed by atoms with E-state index in [9.17, 15) is 14.4 Å². The number of rotatable bonds is 0. The van der Waals surface area contributed by atoms with Gasteiger partial charge >= 0.3 is 11.4 Å². The van der Waals surface area contributed by atoms with E-state index in [2.05, 4.69) is 9.97 Å². The van der Waals surface area contributed by atoms with Crippen LogP contribution in [0.4, 0.5) is 0 Å². The minimum atomic E-state index is -2.79. The van der Waals surface area contributed by atoms with Crippen molar-refractivity contribution in [3.8, 4) is 0 Å². The summed E-state index contributed by atoms with van der Waals surface area (Å²) in [5.41, 5.74) is -3.34. The summed E-state index contributed by atoms with van der Waals surface area (Å²) in [6.07, 6.45) is 0. The highest BCUT2D eigenvalue weighted by atomic mass is 16.2. The third kappa shape index (κ3) is 0.934. The van der Waals surface area contributed by atoms with Crippen LogP contribution in [-0.4, -0.2) is 19.5 Å². The lowest BCUT2D eigenvalue weighted by Gasteiger charge is -1.95. The lowest BCUT2D eigenvalue weighted by Crippen LogP contribution is -2.28. The van der Waals surface area contributed by atoms with Crippen molar-refractivity contribution in [2.24, 2.45) is 6.98 Å². The van der Waals surface area contributed by atoms with Crippen LogP contribution in [-0.2, 0) is 6.98 Å². The zero-order chi connectivity index (χ0) is 12.1. The largest absolute Gasteiger partial charge is 0.329 e. The molecule has 68 valence electrons. The Labute approximate surface area is 74.3 Å². The first kappa shape index (κ1) is 4.85. The van der Waals surface area contributed by atoms with Gasteiger partial charge in [0.2, 0.25) is 0 Å². The molecule has 2 aromatic rings. The minimum Gasteiger partial charge on any atom is -0.300 e. The summed E-state index contributed by atoms with van der Waals surface area (Å²) in [6.45, 7) is -2.79. The molecule has 0 saturated heterocycles. The topological polar surface area (TPSA) is 104 Å². The van der Waals surface area contributed by atoms with Crippen molar-refractivity contribution >= 4 is 11.2 Å². The van der Waals surface area contributed by atoms with E-state index < -0.39 is 23.9 Å². The maximum absolute atomic E-state index is 11.3. The van der Waals surface area contributed by atoms with E-state index in [4.69, 9.17) is 4.11 Å². The minimum absolute atomic E-state index is 0.277. The van der Waals surface area contributed by atoms with Crippen molar-refractivity contribution < 1.29 is 4.11 Å². The van der Waals surface area contributed by atoms with Crippen LogP contribution in [0.3, 0.4) is 0 Å². The van der Waals surface area contributed by atoms with Crippen LogP contribution in [0.1, 0.15) is 4.11 Å². The molecule has 2 rings (SSSR count). The number of nitrogens with zero attached hydrogens (tertiary/aromatic N) is 1. The molecular formula is C6H6N4O3. The molecule has 2 heterocycles. The highest BCUT2D eigenvalue weighted by Gasteiger charge is 2.06. The van der Waals surface area contributed by atoms with Crippen LogP contribution in [0, 0.1) is 0 Å². The number of hydrogen-bond acceptors (Lipinski definition) is 3. The molecule has 7 heteroatoms. The van der Waals surface area contributed by atoms with Crippen LogP contribution in [0.25, 0.3) is 11.2 Å². The van der Waals surface area contributed by atoms with Gasteiger partial charge in [-0.2, -0.15) is 0 Å². The molecule has 0 saturated carbocycles. The molecule has 0 spiro atoms. The molecule has 0 aliphatic carbocycles. The highest BCUT2D eigenvalue weighted by Crippen LogP contribution is 1.93. The summed E-state index contributed by atoms with van der Waals surface area (Å²) in [7, 11) is 0. The Kier molecular flexibility index (Phi) is 0.828. The van der Waals surface area contributed by atoms with Crippen LogP contribution in [0.2, 0.25) is 0 Å². The Morgan fingerprint density at radius 3 is 2.69 bits per heavy atom. The molecule has 0 fully saturated rings. The van der Waals surface area contributed by atoms with Gasteiger partial charge in [-0.05, 0) is 0 Å². The number of nitrogens with one attached hydrogen (secondary N) is 3. The fraction of sp³-hybridized carbons (Fsp3) is 0.167. The molecule has 3 N–H and O–H groups in total. The van der Waals surface area contributed by atoms with Gasteiger partial charge in [-0.25, -0.2) is 9.59 Å². The van der Waals surface area contributed by atoms with E-state index in [0.29, 0.717) is 4.57 Å². The maximum atomic E-state index is 11.3. The van der Waals surface area contributed by atoms with E-state index in [1.54, 1.807) is 4.98 Å². The summed E-state index contributed by atoms with van der Waals surface area (Å²) in [5.74, 6) is 0. The van der Waals surface area contributed by atoms with Gasteiger partial charge in [0, 0.05) is 11.1 Å². The normalized spacial score (nSPS) is 15.2. The molecule has 0 amide bonds. The monoisotopic (exact) mass is 185 g/mol. The van der Waals surface area contributed by atoms with Crippen molar-refractivity contribution in [1.29, 1.82) is 0 Å². The van der Waals surface area contributed by atoms with E-state index >= 15 is 0 Å². The second-order valence-corrected chi connectivity index (χ2v) is 2.40. The Hall–Kier alpha value is -2.05. The Balaban J connectivity index is 3.10. The number of aromatic nitrogens is 4. The van der Waals surface area contributed by atoms with Crippen molar-refractivity contribution in [1.82, 2.24) is 19.5 Å². The summed E-state index contributed by atoms with van der Waals surface area (Å²) in [6, 6.07) is 0. The van der Waals surface area contributed by atoms with Gasteiger partial charge < -0.3 is 0 Å². The molecule has 0 aliphatic rings. The van der Waals surface area contributed by atoms with Gasteiger partial charge in [0.05, 0.1) is 0 Å². The SMILES string of the molecule is [2H]C([2H])([2H])n1c(=O)[nH]c(=O)c2[nH]c(=O)[nH]c21. The second kappa shape index (κ2) is 2.22. The summed E-state index contributed by atoms with van der Waals surface area (Å²) in [5, 5.41) is 0. The first-order chi connectivity index (χ1) is 7.30. The molecule has 2 aromatic heterocycles. The quantitative estimate of drug-likeness (QED) is 0.453. The summed E-state index contributed by atoms with van der Waals surface area (Å²) in [4.78, 5) is 39.5. The molecule has 7 nitrogen and oxygen atoms in total. The second-order valence-electron chi connectivity index (χ2n) is 2.40. The van der Waals surface area contributed by atoms with Crippen LogP contribution >= 0.6 is 0 Å². The van der Waals surface area contributed by atoms with Gasteiger partial charge in [0.25, 0.3) is 5.56 Å². The lowest BCUT2D eigenvalue weighted by atomic mass is 10.5. The van der Waals surface area contributed by atoms with Crippen molar-refractivity contribution in [3.05, 3.63) is 31.3 Å². The molecule has 0 aromatic carbocycles.